The molecule has 1 aliphatic heterocycles. The molecule has 4 rings (SSSR count). The van der Waals surface area contributed by atoms with Crippen molar-refractivity contribution in [1.82, 2.24) is 14.9 Å². The van der Waals surface area contributed by atoms with E-state index in [0.717, 1.165) is 50.3 Å². The van der Waals surface area contributed by atoms with E-state index in [1.54, 1.807) is 19.4 Å². The Bertz CT molecular complexity index is 923. The zero-order valence-electron chi connectivity index (χ0n) is 15.5. The smallest absolute Gasteiger partial charge is 0.214 e. The number of anilines is 1. The standard InChI is InChI=1S/C21H24N4O2/c1-27-20-6-2-5-19(23-20)25-14-12-24(13-15-25)11-9-16-7-8-18(26)21-17(16)4-3-10-22-21/h2-8,10,26H,9,11-15H2,1H3. The molecule has 1 N–H and O–H groups in total. The van der Waals surface area contributed by atoms with Crippen molar-refractivity contribution < 1.29 is 9.84 Å². The molecule has 1 saturated heterocycles. The Kier molecular flexibility index (Phi) is 5.07. The fraction of sp³-hybridized carbons (Fsp3) is 0.333. The summed E-state index contributed by atoms with van der Waals surface area (Å²) in [6.45, 7) is 4.92. The Labute approximate surface area is 159 Å². The van der Waals surface area contributed by atoms with Crippen molar-refractivity contribution in [1.29, 1.82) is 0 Å². The maximum absolute atomic E-state index is 9.99. The van der Waals surface area contributed by atoms with E-state index in [0.29, 0.717) is 11.4 Å². The van der Waals surface area contributed by atoms with Gasteiger partial charge in [0.15, 0.2) is 0 Å². The SMILES string of the molecule is COc1cccc(N2CCN(CCc3ccc(O)c4ncccc34)CC2)n1. The minimum atomic E-state index is 0.244. The summed E-state index contributed by atoms with van der Waals surface area (Å²) in [6, 6.07) is 13.6. The largest absolute Gasteiger partial charge is 0.506 e. The number of aromatic hydroxyl groups is 1. The second-order valence-corrected chi connectivity index (χ2v) is 6.76. The van der Waals surface area contributed by atoms with Gasteiger partial charge in [-0.15, -0.1) is 0 Å². The van der Waals surface area contributed by atoms with Gasteiger partial charge in [0.1, 0.15) is 17.1 Å². The van der Waals surface area contributed by atoms with Crippen LogP contribution in [0.4, 0.5) is 5.82 Å². The van der Waals surface area contributed by atoms with Crippen molar-refractivity contribution in [3.05, 3.63) is 54.2 Å². The summed E-state index contributed by atoms with van der Waals surface area (Å²) in [4.78, 5) is 13.6. The van der Waals surface area contributed by atoms with Gasteiger partial charge in [-0.25, -0.2) is 0 Å². The highest BCUT2D eigenvalue weighted by atomic mass is 16.5. The Morgan fingerprint density at radius 1 is 1.04 bits per heavy atom. The maximum atomic E-state index is 9.99. The number of hydrogen-bond donors (Lipinski definition) is 1. The van der Waals surface area contributed by atoms with Crippen molar-refractivity contribution in [2.45, 2.75) is 6.42 Å². The predicted molar refractivity (Wildman–Crippen MR) is 107 cm³/mol. The van der Waals surface area contributed by atoms with Crippen molar-refractivity contribution in [3.63, 3.8) is 0 Å². The van der Waals surface area contributed by atoms with Crippen LogP contribution in [0.15, 0.2) is 48.7 Å². The van der Waals surface area contributed by atoms with E-state index in [2.05, 4.69) is 19.8 Å². The van der Waals surface area contributed by atoms with E-state index in [1.807, 2.05) is 36.4 Å². The Morgan fingerprint density at radius 3 is 2.70 bits per heavy atom. The Morgan fingerprint density at radius 2 is 1.89 bits per heavy atom. The number of phenols is 1. The molecule has 0 bridgehead atoms. The molecule has 27 heavy (non-hydrogen) atoms. The Hall–Kier alpha value is -2.86. The number of hydrogen-bond acceptors (Lipinski definition) is 6. The van der Waals surface area contributed by atoms with Gasteiger partial charge in [0.25, 0.3) is 0 Å². The van der Waals surface area contributed by atoms with Gasteiger partial charge in [-0.05, 0) is 30.2 Å². The van der Waals surface area contributed by atoms with Gasteiger partial charge in [-0.1, -0.05) is 18.2 Å². The monoisotopic (exact) mass is 364 g/mol. The van der Waals surface area contributed by atoms with Crippen LogP contribution in [0.1, 0.15) is 5.56 Å². The second kappa shape index (κ2) is 7.80. The number of nitrogens with zero attached hydrogens (tertiary/aromatic N) is 4. The maximum Gasteiger partial charge on any atom is 0.214 e. The molecule has 3 aromatic rings. The predicted octanol–water partition coefficient (Wildman–Crippen LogP) is 2.71. The summed E-state index contributed by atoms with van der Waals surface area (Å²) in [5, 5.41) is 11.0. The number of methoxy groups -OCH3 is 1. The molecule has 0 atom stereocenters. The van der Waals surface area contributed by atoms with E-state index in [1.165, 1.54) is 5.56 Å². The molecule has 0 unspecified atom stereocenters. The van der Waals surface area contributed by atoms with Gasteiger partial charge in [0.05, 0.1) is 7.11 Å². The average molecular weight is 364 g/mol. The van der Waals surface area contributed by atoms with Crippen LogP contribution in [0.2, 0.25) is 0 Å². The number of phenolic OH excluding ortho intramolecular Hbond substituents is 1. The van der Waals surface area contributed by atoms with Crippen LogP contribution in [0.3, 0.4) is 0 Å². The molecule has 0 saturated carbocycles. The van der Waals surface area contributed by atoms with Crippen molar-refractivity contribution in [3.8, 4) is 11.6 Å². The molecule has 0 amide bonds. The zero-order valence-corrected chi connectivity index (χ0v) is 15.5. The normalized spacial score (nSPS) is 15.2. The number of fused-ring (bicyclic) bond motifs is 1. The zero-order chi connectivity index (χ0) is 18.6. The number of pyridine rings is 2. The molecule has 6 nitrogen and oxygen atoms in total. The van der Waals surface area contributed by atoms with E-state index in [9.17, 15) is 5.11 Å². The van der Waals surface area contributed by atoms with Gasteiger partial charge in [-0.2, -0.15) is 4.98 Å². The molecule has 1 fully saturated rings. The molecule has 3 heterocycles. The number of ether oxygens (including phenoxy) is 1. The van der Waals surface area contributed by atoms with E-state index < -0.39 is 0 Å². The summed E-state index contributed by atoms with van der Waals surface area (Å²) in [6.07, 6.45) is 2.66. The van der Waals surface area contributed by atoms with E-state index >= 15 is 0 Å². The molecular weight excluding hydrogens is 340 g/mol. The fourth-order valence-electron chi connectivity index (χ4n) is 3.61. The summed E-state index contributed by atoms with van der Waals surface area (Å²) in [5.41, 5.74) is 1.91. The molecule has 1 aromatic carbocycles. The quantitative estimate of drug-likeness (QED) is 0.751. The highest BCUT2D eigenvalue weighted by Gasteiger charge is 2.18. The van der Waals surface area contributed by atoms with Gasteiger partial charge >= 0.3 is 0 Å². The summed E-state index contributed by atoms with van der Waals surface area (Å²) in [7, 11) is 1.65. The van der Waals surface area contributed by atoms with Gasteiger partial charge in [0.2, 0.25) is 5.88 Å². The first-order valence-electron chi connectivity index (χ1n) is 9.28. The van der Waals surface area contributed by atoms with Crippen molar-refractivity contribution in [2.75, 3.05) is 44.7 Å². The molecule has 0 aliphatic carbocycles. The third-order valence-corrected chi connectivity index (χ3v) is 5.15. The van der Waals surface area contributed by atoms with Crippen LogP contribution in [-0.4, -0.2) is 59.8 Å². The molecule has 140 valence electrons. The lowest BCUT2D eigenvalue weighted by Crippen LogP contribution is -2.47. The number of rotatable bonds is 5. The lowest BCUT2D eigenvalue weighted by atomic mass is 10.0. The molecule has 2 aromatic heterocycles. The van der Waals surface area contributed by atoms with Gasteiger partial charge < -0.3 is 14.7 Å². The second-order valence-electron chi connectivity index (χ2n) is 6.76. The summed E-state index contributed by atoms with van der Waals surface area (Å²) < 4.78 is 5.23. The van der Waals surface area contributed by atoms with Crippen LogP contribution in [0, 0.1) is 0 Å². The first kappa shape index (κ1) is 17.5. The van der Waals surface area contributed by atoms with Crippen LogP contribution < -0.4 is 9.64 Å². The lowest BCUT2D eigenvalue weighted by molar-refractivity contribution is 0.260. The number of benzene rings is 1. The van der Waals surface area contributed by atoms with Crippen molar-refractivity contribution in [2.24, 2.45) is 0 Å². The molecule has 1 aliphatic rings. The fourth-order valence-corrected chi connectivity index (χ4v) is 3.61. The first-order valence-corrected chi connectivity index (χ1v) is 9.28. The van der Waals surface area contributed by atoms with E-state index in [-0.39, 0.29) is 5.75 Å². The molecule has 0 spiro atoms. The van der Waals surface area contributed by atoms with Gasteiger partial charge in [-0.3, -0.25) is 9.88 Å². The first-order chi connectivity index (χ1) is 13.2. The van der Waals surface area contributed by atoms with Crippen LogP contribution >= 0.6 is 0 Å². The number of aromatic nitrogens is 2. The van der Waals surface area contributed by atoms with Crippen LogP contribution in [0.5, 0.6) is 11.6 Å². The summed E-state index contributed by atoms with van der Waals surface area (Å²) in [5.74, 6) is 1.88. The van der Waals surface area contributed by atoms with Crippen molar-refractivity contribution >= 4 is 16.7 Å². The van der Waals surface area contributed by atoms with Crippen LogP contribution in [-0.2, 0) is 6.42 Å². The number of piperazine rings is 1. The highest BCUT2D eigenvalue weighted by Crippen LogP contribution is 2.26. The topological polar surface area (TPSA) is 61.7 Å². The molecular formula is C21H24N4O2. The molecule has 0 radical (unpaired) electrons. The lowest BCUT2D eigenvalue weighted by Gasteiger charge is -2.35. The van der Waals surface area contributed by atoms with Crippen LogP contribution in [0.25, 0.3) is 10.9 Å². The Balaban J connectivity index is 1.37. The third kappa shape index (κ3) is 3.80. The average Bonchev–Trinajstić information content (AvgIpc) is 2.74. The van der Waals surface area contributed by atoms with Gasteiger partial charge in [0, 0.05) is 50.4 Å². The minimum absolute atomic E-state index is 0.244. The third-order valence-electron chi connectivity index (χ3n) is 5.15. The highest BCUT2D eigenvalue weighted by molar-refractivity contribution is 5.87. The summed E-state index contributed by atoms with van der Waals surface area (Å²) >= 11 is 0. The molecule has 6 heteroatoms. The minimum Gasteiger partial charge on any atom is -0.506 e. The van der Waals surface area contributed by atoms with E-state index in [4.69, 9.17) is 4.74 Å².